The van der Waals surface area contributed by atoms with Crippen molar-refractivity contribution in [2.45, 2.75) is 34.6 Å². The topological polar surface area (TPSA) is 81.2 Å². The first-order valence-corrected chi connectivity index (χ1v) is 10.3. The molecule has 0 fully saturated rings. The molecule has 0 saturated carbocycles. The summed E-state index contributed by atoms with van der Waals surface area (Å²) in [7, 11) is 1.63. The van der Waals surface area contributed by atoms with Gasteiger partial charge in [0.1, 0.15) is 5.75 Å². The molecule has 0 aliphatic heterocycles. The summed E-state index contributed by atoms with van der Waals surface area (Å²) >= 11 is 0. The second-order valence-electron chi connectivity index (χ2n) is 7.30. The largest absolute Gasteiger partial charge is 0.496 e. The molecular formula is C24H32N4O2. The third-order valence-corrected chi connectivity index (χ3v) is 5.43. The number of H-pyrrole nitrogens is 1. The van der Waals surface area contributed by atoms with Gasteiger partial charge in [-0.1, -0.05) is 13.8 Å². The predicted molar refractivity (Wildman–Crippen MR) is 122 cm³/mol. The fourth-order valence-electron chi connectivity index (χ4n) is 3.59. The van der Waals surface area contributed by atoms with E-state index in [4.69, 9.17) is 4.74 Å². The van der Waals surface area contributed by atoms with E-state index in [0.717, 1.165) is 53.5 Å². The van der Waals surface area contributed by atoms with Crippen molar-refractivity contribution in [1.82, 2.24) is 15.2 Å². The maximum absolute atomic E-state index is 12.7. The highest BCUT2D eigenvalue weighted by atomic mass is 16.5. The first kappa shape index (κ1) is 23.2. The smallest absolute Gasteiger partial charge is 0.253 e. The summed E-state index contributed by atoms with van der Waals surface area (Å²) in [6.45, 7) is 13.3. The quantitative estimate of drug-likeness (QED) is 0.613. The number of ether oxygens (including phenoxy) is 1. The number of amides is 1. The summed E-state index contributed by atoms with van der Waals surface area (Å²) in [5, 5.41) is 12.7. The van der Waals surface area contributed by atoms with Crippen molar-refractivity contribution in [3.05, 3.63) is 51.8 Å². The number of aromatic nitrogens is 1. The molecule has 6 nitrogen and oxygen atoms in total. The molecule has 2 aromatic rings. The highest BCUT2D eigenvalue weighted by molar-refractivity contribution is 5.99. The Morgan fingerprint density at radius 3 is 2.53 bits per heavy atom. The van der Waals surface area contributed by atoms with E-state index in [1.807, 2.05) is 39.0 Å². The molecule has 1 heterocycles. The maximum atomic E-state index is 12.7. The summed E-state index contributed by atoms with van der Waals surface area (Å²) in [5.41, 5.74) is 5.35. The van der Waals surface area contributed by atoms with Crippen LogP contribution in [0.4, 0.5) is 0 Å². The number of nitriles is 1. The van der Waals surface area contributed by atoms with Crippen LogP contribution in [0.5, 0.6) is 5.75 Å². The molecule has 30 heavy (non-hydrogen) atoms. The summed E-state index contributed by atoms with van der Waals surface area (Å²) in [6.07, 6.45) is 1.80. The van der Waals surface area contributed by atoms with Gasteiger partial charge in [0, 0.05) is 24.5 Å². The number of rotatable bonds is 9. The number of aromatic amines is 1. The molecule has 160 valence electrons. The molecule has 1 aromatic carbocycles. The fraction of sp³-hybridized carbons (Fsp3) is 0.417. The Kier molecular flexibility index (Phi) is 8.25. The number of benzene rings is 1. The summed E-state index contributed by atoms with van der Waals surface area (Å²) in [6, 6.07) is 7.93. The van der Waals surface area contributed by atoms with Gasteiger partial charge >= 0.3 is 0 Å². The SMILES string of the molecule is CCN(CC)CCNC(=O)c1c(C)[nH]c(/C=C(\C#N)c2ccc(OC)c(C)c2)c1C. The first-order valence-electron chi connectivity index (χ1n) is 10.3. The number of carbonyl (C=O) groups excluding carboxylic acids is 1. The molecule has 0 aliphatic rings. The van der Waals surface area contributed by atoms with Crippen LogP contribution < -0.4 is 10.1 Å². The minimum Gasteiger partial charge on any atom is -0.496 e. The van der Waals surface area contributed by atoms with Crippen molar-refractivity contribution < 1.29 is 9.53 Å². The average Bonchev–Trinajstić information content (AvgIpc) is 3.02. The number of nitrogens with zero attached hydrogens (tertiary/aromatic N) is 2. The third-order valence-electron chi connectivity index (χ3n) is 5.43. The lowest BCUT2D eigenvalue weighted by Crippen LogP contribution is -2.35. The van der Waals surface area contributed by atoms with E-state index in [1.165, 1.54) is 0 Å². The number of likely N-dealkylation sites (N-methyl/N-ethyl adjacent to an activating group) is 1. The summed E-state index contributed by atoms with van der Waals surface area (Å²) in [5.74, 6) is 0.693. The molecule has 2 rings (SSSR count). The number of nitrogens with one attached hydrogen (secondary N) is 2. The van der Waals surface area contributed by atoms with Gasteiger partial charge in [-0.05, 0) is 74.8 Å². The number of hydrogen-bond acceptors (Lipinski definition) is 4. The zero-order valence-corrected chi connectivity index (χ0v) is 18.8. The van der Waals surface area contributed by atoms with Gasteiger partial charge in [-0.25, -0.2) is 0 Å². The van der Waals surface area contributed by atoms with Crippen LogP contribution in [0, 0.1) is 32.1 Å². The highest BCUT2D eigenvalue weighted by Crippen LogP contribution is 2.26. The number of carbonyl (C=O) groups is 1. The molecule has 0 radical (unpaired) electrons. The fourth-order valence-corrected chi connectivity index (χ4v) is 3.59. The first-order chi connectivity index (χ1) is 14.4. The Hall–Kier alpha value is -3.04. The van der Waals surface area contributed by atoms with Crippen LogP contribution in [-0.2, 0) is 0 Å². The number of allylic oxidation sites excluding steroid dienone is 1. The lowest BCUT2D eigenvalue weighted by atomic mass is 10.0. The van der Waals surface area contributed by atoms with E-state index in [-0.39, 0.29) is 5.91 Å². The van der Waals surface area contributed by atoms with Gasteiger partial charge in [0.2, 0.25) is 0 Å². The Labute approximate surface area is 179 Å². The molecule has 6 heteroatoms. The van der Waals surface area contributed by atoms with Crippen LogP contribution in [0.15, 0.2) is 18.2 Å². The van der Waals surface area contributed by atoms with Crippen molar-refractivity contribution >= 4 is 17.6 Å². The van der Waals surface area contributed by atoms with Crippen LogP contribution in [0.3, 0.4) is 0 Å². The lowest BCUT2D eigenvalue weighted by Gasteiger charge is -2.18. The molecule has 0 spiro atoms. The van der Waals surface area contributed by atoms with E-state index in [1.54, 1.807) is 13.2 Å². The second kappa shape index (κ2) is 10.7. The monoisotopic (exact) mass is 408 g/mol. The zero-order chi connectivity index (χ0) is 22.3. The Morgan fingerprint density at radius 1 is 1.27 bits per heavy atom. The van der Waals surface area contributed by atoms with Gasteiger partial charge in [-0.2, -0.15) is 5.26 Å². The average molecular weight is 409 g/mol. The van der Waals surface area contributed by atoms with Gasteiger partial charge < -0.3 is 19.9 Å². The van der Waals surface area contributed by atoms with E-state index in [2.05, 4.69) is 35.1 Å². The zero-order valence-electron chi connectivity index (χ0n) is 18.8. The molecule has 1 amide bonds. The van der Waals surface area contributed by atoms with Crippen LogP contribution in [-0.4, -0.2) is 49.1 Å². The van der Waals surface area contributed by atoms with Gasteiger partial charge in [-0.3, -0.25) is 4.79 Å². The Morgan fingerprint density at radius 2 is 1.97 bits per heavy atom. The van der Waals surface area contributed by atoms with Crippen LogP contribution in [0.25, 0.3) is 11.6 Å². The van der Waals surface area contributed by atoms with Gasteiger partial charge in [0.05, 0.1) is 24.3 Å². The van der Waals surface area contributed by atoms with Crippen LogP contribution >= 0.6 is 0 Å². The van der Waals surface area contributed by atoms with Crippen LogP contribution in [0.1, 0.15) is 52.3 Å². The summed E-state index contributed by atoms with van der Waals surface area (Å²) in [4.78, 5) is 18.3. The van der Waals surface area contributed by atoms with Crippen molar-refractivity contribution in [2.24, 2.45) is 0 Å². The van der Waals surface area contributed by atoms with Gasteiger partial charge in [0.15, 0.2) is 0 Å². The van der Waals surface area contributed by atoms with Crippen molar-refractivity contribution in [3.63, 3.8) is 0 Å². The Bertz CT molecular complexity index is 962. The van der Waals surface area contributed by atoms with E-state index < -0.39 is 0 Å². The van der Waals surface area contributed by atoms with Gasteiger partial charge in [-0.15, -0.1) is 0 Å². The number of hydrogen-bond donors (Lipinski definition) is 2. The van der Waals surface area contributed by atoms with Crippen molar-refractivity contribution in [3.8, 4) is 11.8 Å². The molecule has 2 N–H and O–H groups in total. The van der Waals surface area contributed by atoms with E-state index in [9.17, 15) is 10.1 Å². The van der Waals surface area contributed by atoms with E-state index in [0.29, 0.717) is 17.7 Å². The number of methoxy groups -OCH3 is 1. The second-order valence-corrected chi connectivity index (χ2v) is 7.30. The molecule has 0 aliphatic carbocycles. The molecule has 1 aromatic heterocycles. The minimum atomic E-state index is -0.0909. The third kappa shape index (κ3) is 5.31. The molecule has 0 unspecified atom stereocenters. The normalized spacial score (nSPS) is 11.5. The molecule has 0 atom stereocenters. The Balaban J connectivity index is 2.26. The summed E-state index contributed by atoms with van der Waals surface area (Å²) < 4.78 is 5.30. The van der Waals surface area contributed by atoms with E-state index >= 15 is 0 Å². The highest BCUT2D eigenvalue weighted by Gasteiger charge is 2.18. The predicted octanol–water partition coefficient (Wildman–Crippen LogP) is 4.08. The number of aryl methyl sites for hydroxylation is 2. The van der Waals surface area contributed by atoms with Crippen LogP contribution in [0.2, 0.25) is 0 Å². The van der Waals surface area contributed by atoms with Crippen molar-refractivity contribution in [2.75, 3.05) is 33.3 Å². The molecular weight excluding hydrogens is 376 g/mol. The maximum Gasteiger partial charge on any atom is 0.253 e. The van der Waals surface area contributed by atoms with Crippen molar-refractivity contribution in [1.29, 1.82) is 5.26 Å². The van der Waals surface area contributed by atoms with Gasteiger partial charge in [0.25, 0.3) is 5.91 Å². The molecule has 0 bridgehead atoms. The standard InChI is InChI=1S/C24H32N4O2/c1-7-28(8-2)12-11-26-24(29)23-17(4)21(27-18(23)5)14-20(15-25)19-9-10-22(30-6)16(3)13-19/h9-10,13-14,27H,7-8,11-12H2,1-6H3,(H,26,29)/b20-14+. The molecule has 0 saturated heterocycles. The minimum absolute atomic E-state index is 0.0909. The lowest BCUT2D eigenvalue weighted by molar-refractivity contribution is 0.0948.